The van der Waals surface area contributed by atoms with Crippen LogP contribution in [0.15, 0.2) is 23.8 Å². The molecule has 4 saturated carbocycles. The zero-order chi connectivity index (χ0) is 33.3. The molecule has 0 aromatic carbocycles. The highest BCUT2D eigenvalue weighted by molar-refractivity contribution is 7.91. The first-order valence-corrected chi connectivity index (χ1v) is 20.6. The van der Waals surface area contributed by atoms with Crippen LogP contribution in [0.2, 0.25) is 0 Å². The smallest absolute Gasteiger partial charge is 0.303 e. The Morgan fingerprint density at radius 2 is 1.70 bits per heavy atom. The van der Waals surface area contributed by atoms with Crippen molar-refractivity contribution in [3.63, 3.8) is 0 Å². The number of sulfone groups is 1. The lowest BCUT2D eigenvalue weighted by Gasteiger charge is -2.72. The van der Waals surface area contributed by atoms with Gasteiger partial charge < -0.3 is 15.3 Å². The summed E-state index contributed by atoms with van der Waals surface area (Å²) < 4.78 is 24.0. The Labute approximate surface area is 280 Å². The SMILES string of the molecule is C=C(C)[C@@H]1CC[C@]2(NCCN3CCS(=O)(=O)CC3)CC[C@]3(C)[C@H](CC[C@@H]4[C@@]5(C)CC=C(CCCC(=O)O)C(C)(C)[C@@H]5CC[C@]43C)[C@@H]12. The molecular weight excluding hydrogens is 593 g/mol. The van der Waals surface area contributed by atoms with E-state index in [0.717, 1.165) is 32.4 Å². The monoisotopic (exact) mass is 656 g/mol. The van der Waals surface area contributed by atoms with Crippen molar-refractivity contribution in [2.45, 2.75) is 124 Å². The van der Waals surface area contributed by atoms with Crippen molar-refractivity contribution in [2.75, 3.05) is 37.7 Å². The van der Waals surface area contributed by atoms with E-state index in [4.69, 9.17) is 0 Å². The molecule has 0 aromatic heterocycles. The minimum atomic E-state index is -2.85. The van der Waals surface area contributed by atoms with Crippen LogP contribution < -0.4 is 5.32 Å². The van der Waals surface area contributed by atoms with Crippen LogP contribution in [0.1, 0.15) is 119 Å². The summed E-state index contributed by atoms with van der Waals surface area (Å²) in [7, 11) is -2.85. The average Bonchev–Trinajstić information content (AvgIpc) is 3.35. The van der Waals surface area contributed by atoms with Crippen LogP contribution >= 0.6 is 0 Å². The van der Waals surface area contributed by atoms with Gasteiger partial charge in [0.05, 0.1) is 11.5 Å². The van der Waals surface area contributed by atoms with Crippen molar-refractivity contribution in [2.24, 2.45) is 51.2 Å². The molecule has 6 rings (SSSR count). The van der Waals surface area contributed by atoms with Gasteiger partial charge in [-0.3, -0.25) is 4.79 Å². The maximum Gasteiger partial charge on any atom is 0.303 e. The average molecular weight is 657 g/mol. The number of carboxylic acid groups (broad SMARTS) is 1. The van der Waals surface area contributed by atoms with Gasteiger partial charge in [-0.05, 0) is 129 Å². The molecule has 0 unspecified atom stereocenters. The van der Waals surface area contributed by atoms with Crippen LogP contribution in [-0.4, -0.2) is 67.6 Å². The quantitative estimate of drug-likeness (QED) is 0.250. The molecule has 1 heterocycles. The number of fused-ring (bicyclic) bond motifs is 7. The molecule has 1 saturated heterocycles. The van der Waals surface area contributed by atoms with Crippen LogP contribution in [0, 0.1) is 51.2 Å². The topological polar surface area (TPSA) is 86.7 Å². The normalized spacial score (nSPS) is 44.7. The first kappa shape index (κ1) is 34.7. The zero-order valence-corrected chi connectivity index (χ0v) is 30.7. The van der Waals surface area contributed by atoms with Crippen LogP contribution in [0.5, 0.6) is 0 Å². The molecule has 0 radical (unpaired) electrons. The summed E-state index contributed by atoms with van der Waals surface area (Å²) in [6.45, 7) is 23.1. The summed E-state index contributed by atoms with van der Waals surface area (Å²) in [5.74, 6) is 3.17. The van der Waals surface area contributed by atoms with Crippen LogP contribution in [-0.2, 0) is 14.6 Å². The van der Waals surface area contributed by atoms with E-state index in [1.54, 1.807) is 0 Å². The third-order valence-electron chi connectivity index (χ3n) is 16.0. The minimum absolute atomic E-state index is 0.116. The number of carbonyl (C=O) groups is 1. The second kappa shape index (κ2) is 12.0. The Kier molecular flexibility index (Phi) is 9.05. The molecule has 5 aliphatic carbocycles. The van der Waals surface area contributed by atoms with Crippen molar-refractivity contribution in [3.05, 3.63) is 23.8 Å². The van der Waals surface area contributed by atoms with E-state index in [1.165, 1.54) is 62.5 Å². The van der Waals surface area contributed by atoms with Gasteiger partial charge in [0.25, 0.3) is 0 Å². The van der Waals surface area contributed by atoms with Gasteiger partial charge in [-0.1, -0.05) is 58.4 Å². The fraction of sp³-hybridized carbons (Fsp3) is 0.872. The van der Waals surface area contributed by atoms with Gasteiger partial charge >= 0.3 is 5.97 Å². The first-order valence-electron chi connectivity index (χ1n) is 18.7. The third-order valence-corrected chi connectivity index (χ3v) is 17.6. The third kappa shape index (κ3) is 5.49. The molecular formula is C39H64N2O4S. The number of hydrogen-bond acceptors (Lipinski definition) is 5. The van der Waals surface area contributed by atoms with Crippen molar-refractivity contribution in [1.29, 1.82) is 0 Å². The largest absolute Gasteiger partial charge is 0.481 e. The Balaban J connectivity index is 1.23. The number of rotatable bonds is 9. The predicted octanol–water partition coefficient (Wildman–Crippen LogP) is 7.51. The van der Waals surface area contributed by atoms with Crippen molar-refractivity contribution >= 4 is 15.8 Å². The Hall–Kier alpha value is -1.18. The standard InChI is InChI=1S/C39H64N2O4S/c1-27(2)29-14-18-39(40-21-22-41-23-25-46(44,45)26-24-41)20-19-37(6)30(34(29)39)11-12-32-36(5)16-13-28(9-8-10-33(42)43)35(3,4)31(36)15-17-38(32,37)7/h13,29-32,34,40H,1,8-12,14-26H2,2-7H3,(H,42,43)/t29-,30+,31-,32+,34+,36-,37+,38+,39-/m0/s1. The van der Waals surface area contributed by atoms with Gasteiger partial charge in [0.2, 0.25) is 0 Å². The second-order valence-electron chi connectivity index (χ2n) is 18.2. The second-order valence-corrected chi connectivity index (χ2v) is 20.5. The first-order chi connectivity index (χ1) is 21.5. The zero-order valence-electron chi connectivity index (χ0n) is 29.9. The van der Waals surface area contributed by atoms with Gasteiger partial charge in [-0.2, -0.15) is 0 Å². The molecule has 6 aliphatic rings. The van der Waals surface area contributed by atoms with Crippen molar-refractivity contribution < 1.29 is 18.3 Å². The number of nitrogens with zero attached hydrogens (tertiary/aromatic N) is 1. The molecule has 0 aromatic rings. The van der Waals surface area contributed by atoms with Crippen molar-refractivity contribution in [3.8, 4) is 0 Å². The summed E-state index contributed by atoms with van der Waals surface area (Å²) in [4.78, 5) is 13.6. The maximum absolute atomic E-state index is 12.0. The van der Waals surface area contributed by atoms with E-state index in [2.05, 4.69) is 64.4 Å². The molecule has 6 nitrogen and oxygen atoms in total. The molecule has 9 atom stereocenters. The molecule has 0 spiro atoms. The van der Waals surface area contributed by atoms with Crippen LogP contribution in [0.3, 0.4) is 0 Å². The van der Waals surface area contributed by atoms with E-state index < -0.39 is 15.8 Å². The number of hydrogen-bond donors (Lipinski definition) is 2. The number of nitrogens with one attached hydrogen (secondary N) is 1. The van der Waals surface area contributed by atoms with Gasteiger partial charge in [0.1, 0.15) is 0 Å². The lowest BCUT2D eigenvalue weighted by molar-refractivity contribution is -0.221. The fourth-order valence-electron chi connectivity index (χ4n) is 13.4. The molecule has 46 heavy (non-hydrogen) atoms. The van der Waals surface area contributed by atoms with E-state index in [9.17, 15) is 18.3 Å². The lowest BCUT2D eigenvalue weighted by Crippen LogP contribution is -2.68. The van der Waals surface area contributed by atoms with Gasteiger partial charge in [-0.25, -0.2) is 8.42 Å². The van der Waals surface area contributed by atoms with Crippen LogP contribution in [0.25, 0.3) is 0 Å². The van der Waals surface area contributed by atoms with Crippen molar-refractivity contribution in [1.82, 2.24) is 10.2 Å². The molecule has 260 valence electrons. The maximum atomic E-state index is 12.0. The minimum Gasteiger partial charge on any atom is -0.481 e. The fourth-order valence-corrected chi connectivity index (χ4v) is 14.7. The van der Waals surface area contributed by atoms with E-state index in [-0.39, 0.29) is 22.8 Å². The molecule has 7 heteroatoms. The summed E-state index contributed by atoms with van der Waals surface area (Å²) in [5.41, 5.74) is 4.05. The predicted molar refractivity (Wildman–Crippen MR) is 187 cm³/mol. The van der Waals surface area contributed by atoms with E-state index in [1.807, 2.05) is 0 Å². The van der Waals surface area contributed by atoms with Gasteiger partial charge in [0.15, 0.2) is 9.84 Å². The summed E-state index contributed by atoms with van der Waals surface area (Å²) in [5, 5.41) is 13.5. The van der Waals surface area contributed by atoms with Gasteiger partial charge in [-0.15, -0.1) is 0 Å². The molecule has 2 N–H and O–H groups in total. The summed E-state index contributed by atoms with van der Waals surface area (Å²) >= 11 is 0. The highest BCUT2D eigenvalue weighted by Gasteiger charge is 2.70. The summed E-state index contributed by atoms with van der Waals surface area (Å²) in [6, 6.07) is 0. The number of carboxylic acids is 1. The number of aliphatic carboxylic acids is 1. The van der Waals surface area contributed by atoms with E-state index in [0.29, 0.717) is 65.0 Å². The molecule has 0 bridgehead atoms. The Bertz CT molecular complexity index is 1340. The van der Waals surface area contributed by atoms with Gasteiger partial charge in [0, 0.05) is 38.1 Å². The number of allylic oxidation sites excluding steroid dienone is 3. The molecule has 0 amide bonds. The summed E-state index contributed by atoms with van der Waals surface area (Å²) in [6.07, 6.45) is 15.9. The molecule has 1 aliphatic heterocycles. The Morgan fingerprint density at radius 1 is 0.978 bits per heavy atom. The molecule has 5 fully saturated rings. The van der Waals surface area contributed by atoms with E-state index >= 15 is 0 Å². The van der Waals surface area contributed by atoms with Crippen LogP contribution in [0.4, 0.5) is 0 Å². The lowest BCUT2D eigenvalue weighted by atomic mass is 9.33. The highest BCUT2D eigenvalue weighted by atomic mass is 32.2. The highest BCUT2D eigenvalue weighted by Crippen LogP contribution is 2.76. The Morgan fingerprint density at radius 3 is 2.37 bits per heavy atom.